The van der Waals surface area contributed by atoms with Crippen molar-refractivity contribution in [3.63, 3.8) is 0 Å². The van der Waals surface area contributed by atoms with Crippen LogP contribution in [-0.4, -0.2) is 24.1 Å². The third kappa shape index (κ3) is 2.20. The van der Waals surface area contributed by atoms with Crippen LogP contribution in [0, 0.1) is 0 Å². The molecule has 0 bridgehead atoms. The topological polar surface area (TPSA) is 55.0 Å². The zero-order chi connectivity index (χ0) is 11.5. The van der Waals surface area contributed by atoms with E-state index >= 15 is 0 Å². The number of hydrogen-bond acceptors (Lipinski definition) is 5. The Kier molecular flexibility index (Phi) is 3.17. The largest absolute Gasteiger partial charge is 0.347 e. The van der Waals surface area contributed by atoms with Gasteiger partial charge in [0.1, 0.15) is 0 Å². The summed E-state index contributed by atoms with van der Waals surface area (Å²) in [7, 11) is 3.85. The Balaban J connectivity index is 2.49. The summed E-state index contributed by atoms with van der Waals surface area (Å²) in [5.74, 6) is 0.700. The molecular weight excluding hydrogens is 220 g/mol. The van der Waals surface area contributed by atoms with E-state index in [1.807, 2.05) is 42.6 Å². The number of thiophene rings is 1. The molecule has 0 aromatic carbocycles. The molecule has 0 atom stereocenters. The molecule has 2 aromatic rings. The number of hydrogen-bond donors (Lipinski definition) is 1. The lowest BCUT2D eigenvalue weighted by Gasteiger charge is -2.12. The first kappa shape index (κ1) is 11.0. The van der Waals surface area contributed by atoms with Crippen LogP contribution in [-0.2, 0) is 6.54 Å². The standard InChI is InChI=1S/C11H14N4S/c1-15(2)11-13-8(7-12)6-9(14-11)10-4-3-5-16-10/h3-6H,7,12H2,1-2H3. The monoisotopic (exact) mass is 234 g/mol. The lowest BCUT2D eigenvalue weighted by atomic mass is 10.3. The maximum absolute atomic E-state index is 5.64. The Labute approximate surface area is 98.8 Å². The van der Waals surface area contributed by atoms with Crippen molar-refractivity contribution in [3.8, 4) is 10.6 Å². The van der Waals surface area contributed by atoms with Gasteiger partial charge in [0.15, 0.2) is 0 Å². The van der Waals surface area contributed by atoms with Crippen LogP contribution < -0.4 is 10.6 Å². The highest BCUT2D eigenvalue weighted by Crippen LogP contribution is 2.24. The Hall–Kier alpha value is -1.46. The lowest BCUT2D eigenvalue weighted by Crippen LogP contribution is -2.15. The molecule has 0 unspecified atom stereocenters. The van der Waals surface area contributed by atoms with Crippen LogP contribution in [0.25, 0.3) is 10.6 Å². The van der Waals surface area contributed by atoms with Gasteiger partial charge in [-0.05, 0) is 17.5 Å². The zero-order valence-electron chi connectivity index (χ0n) is 9.34. The van der Waals surface area contributed by atoms with Gasteiger partial charge in [-0.25, -0.2) is 9.97 Å². The second kappa shape index (κ2) is 4.59. The summed E-state index contributed by atoms with van der Waals surface area (Å²) in [6, 6.07) is 6.01. The molecular formula is C11H14N4S. The highest BCUT2D eigenvalue weighted by molar-refractivity contribution is 7.13. The molecule has 84 valence electrons. The molecule has 0 fully saturated rings. The second-order valence-corrected chi connectivity index (χ2v) is 4.57. The Morgan fingerprint density at radius 2 is 2.19 bits per heavy atom. The smallest absolute Gasteiger partial charge is 0.225 e. The minimum atomic E-state index is 0.432. The van der Waals surface area contributed by atoms with Gasteiger partial charge in [0.2, 0.25) is 5.95 Å². The molecule has 0 saturated carbocycles. The second-order valence-electron chi connectivity index (χ2n) is 3.62. The van der Waals surface area contributed by atoms with Crippen molar-refractivity contribution < 1.29 is 0 Å². The molecule has 16 heavy (non-hydrogen) atoms. The third-order valence-corrected chi connectivity index (χ3v) is 3.04. The van der Waals surface area contributed by atoms with E-state index in [4.69, 9.17) is 5.73 Å². The van der Waals surface area contributed by atoms with E-state index in [0.717, 1.165) is 16.3 Å². The van der Waals surface area contributed by atoms with Crippen molar-refractivity contribution in [1.82, 2.24) is 9.97 Å². The first-order valence-corrected chi connectivity index (χ1v) is 5.88. The van der Waals surface area contributed by atoms with Crippen LogP contribution in [0.4, 0.5) is 5.95 Å². The fourth-order valence-electron chi connectivity index (χ4n) is 1.34. The average Bonchev–Trinajstić information content (AvgIpc) is 2.81. The predicted octanol–water partition coefficient (Wildman–Crippen LogP) is 1.73. The highest BCUT2D eigenvalue weighted by atomic mass is 32.1. The van der Waals surface area contributed by atoms with Crippen LogP contribution >= 0.6 is 11.3 Å². The van der Waals surface area contributed by atoms with Crippen molar-refractivity contribution >= 4 is 17.3 Å². The number of anilines is 1. The Bertz CT molecular complexity index is 465. The molecule has 0 saturated heterocycles. The van der Waals surface area contributed by atoms with E-state index < -0.39 is 0 Å². The summed E-state index contributed by atoms with van der Waals surface area (Å²) in [6.45, 7) is 0.432. The zero-order valence-corrected chi connectivity index (χ0v) is 10.2. The quantitative estimate of drug-likeness (QED) is 0.878. The van der Waals surface area contributed by atoms with Gasteiger partial charge in [-0.3, -0.25) is 0 Å². The SMILES string of the molecule is CN(C)c1nc(CN)cc(-c2cccs2)n1. The minimum absolute atomic E-state index is 0.432. The van der Waals surface area contributed by atoms with Crippen LogP contribution in [0.5, 0.6) is 0 Å². The van der Waals surface area contributed by atoms with Gasteiger partial charge in [-0.15, -0.1) is 11.3 Å². The molecule has 0 aliphatic heterocycles. The van der Waals surface area contributed by atoms with Crippen molar-refractivity contribution in [3.05, 3.63) is 29.3 Å². The van der Waals surface area contributed by atoms with Crippen LogP contribution in [0.3, 0.4) is 0 Å². The molecule has 0 aliphatic rings. The normalized spacial score (nSPS) is 10.4. The Morgan fingerprint density at radius 3 is 2.75 bits per heavy atom. The molecule has 2 rings (SSSR count). The number of aromatic nitrogens is 2. The minimum Gasteiger partial charge on any atom is -0.347 e. The van der Waals surface area contributed by atoms with Gasteiger partial charge < -0.3 is 10.6 Å². The van der Waals surface area contributed by atoms with Crippen molar-refractivity contribution in [1.29, 1.82) is 0 Å². The fourth-order valence-corrected chi connectivity index (χ4v) is 2.02. The van der Waals surface area contributed by atoms with Gasteiger partial charge >= 0.3 is 0 Å². The molecule has 0 spiro atoms. The van der Waals surface area contributed by atoms with Gasteiger partial charge in [-0.1, -0.05) is 6.07 Å². The van der Waals surface area contributed by atoms with Crippen LogP contribution in [0.1, 0.15) is 5.69 Å². The molecule has 4 nitrogen and oxygen atoms in total. The predicted molar refractivity (Wildman–Crippen MR) is 67.6 cm³/mol. The molecule has 0 aliphatic carbocycles. The maximum Gasteiger partial charge on any atom is 0.225 e. The van der Waals surface area contributed by atoms with Gasteiger partial charge in [0.25, 0.3) is 0 Å². The van der Waals surface area contributed by atoms with Crippen LogP contribution in [0.15, 0.2) is 23.6 Å². The molecule has 2 N–H and O–H groups in total. The Morgan fingerprint density at radius 1 is 1.38 bits per heavy atom. The van der Waals surface area contributed by atoms with E-state index in [0.29, 0.717) is 12.5 Å². The van der Waals surface area contributed by atoms with Crippen LogP contribution in [0.2, 0.25) is 0 Å². The summed E-state index contributed by atoms with van der Waals surface area (Å²) in [6.07, 6.45) is 0. The van der Waals surface area contributed by atoms with E-state index in [9.17, 15) is 0 Å². The van der Waals surface area contributed by atoms with E-state index in [2.05, 4.69) is 9.97 Å². The molecule has 0 amide bonds. The highest BCUT2D eigenvalue weighted by Gasteiger charge is 2.07. The van der Waals surface area contributed by atoms with E-state index in [1.54, 1.807) is 11.3 Å². The molecule has 2 aromatic heterocycles. The van der Waals surface area contributed by atoms with Gasteiger partial charge in [0.05, 0.1) is 16.3 Å². The summed E-state index contributed by atoms with van der Waals surface area (Å²) in [4.78, 5) is 11.9. The third-order valence-electron chi connectivity index (χ3n) is 2.15. The van der Waals surface area contributed by atoms with E-state index in [-0.39, 0.29) is 0 Å². The van der Waals surface area contributed by atoms with Crippen molar-refractivity contribution in [2.45, 2.75) is 6.54 Å². The summed E-state index contributed by atoms with van der Waals surface area (Å²) >= 11 is 1.67. The van der Waals surface area contributed by atoms with Crippen molar-refractivity contribution in [2.75, 3.05) is 19.0 Å². The first-order valence-electron chi connectivity index (χ1n) is 5.00. The fraction of sp³-hybridized carbons (Fsp3) is 0.273. The average molecular weight is 234 g/mol. The summed E-state index contributed by atoms with van der Waals surface area (Å²) in [5.41, 5.74) is 7.44. The lowest BCUT2D eigenvalue weighted by molar-refractivity contribution is 0.926. The van der Waals surface area contributed by atoms with Gasteiger partial charge in [0, 0.05) is 20.6 Å². The maximum atomic E-state index is 5.64. The van der Waals surface area contributed by atoms with Crippen molar-refractivity contribution in [2.24, 2.45) is 5.73 Å². The molecule has 5 heteroatoms. The van der Waals surface area contributed by atoms with E-state index in [1.165, 1.54) is 0 Å². The molecule has 2 heterocycles. The summed E-state index contributed by atoms with van der Waals surface area (Å²) in [5, 5.41) is 2.04. The van der Waals surface area contributed by atoms with Gasteiger partial charge in [-0.2, -0.15) is 0 Å². The number of nitrogens with two attached hydrogens (primary N) is 1. The number of rotatable bonds is 3. The molecule has 0 radical (unpaired) electrons. The summed E-state index contributed by atoms with van der Waals surface area (Å²) < 4.78 is 0. The number of nitrogens with zero attached hydrogens (tertiary/aromatic N) is 3. The first-order chi connectivity index (χ1) is 7.70.